The highest BCUT2D eigenvalue weighted by Crippen LogP contribution is 2.20. The molecule has 96 valence electrons. The Morgan fingerprint density at radius 1 is 1.39 bits per heavy atom. The Kier molecular flexibility index (Phi) is 4.26. The van der Waals surface area contributed by atoms with E-state index in [4.69, 9.17) is 16.3 Å². The fourth-order valence-corrected chi connectivity index (χ4v) is 1.98. The molecule has 0 radical (unpaired) electrons. The van der Waals surface area contributed by atoms with Crippen LogP contribution in [0.25, 0.3) is 10.9 Å². The molecule has 2 rings (SSSR count). The lowest BCUT2D eigenvalue weighted by Crippen LogP contribution is -2.13. The maximum Gasteiger partial charge on any atom is 0.325 e. The highest BCUT2D eigenvalue weighted by Gasteiger charge is 2.07. The number of benzene rings is 1. The van der Waals surface area contributed by atoms with E-state index < -0.39 is 0 Å². The van der Waals surface area contributed by atoms with Gasteiger partial charge >= 0.3 is 5.97 Å². The Balaban J connectivity index is 2.07. The molecule has 0 N–H and O–H groups in total. The summed E-state index contributed by atoms with van der Waals surface area (Å²) in [6.45, 7) is 2.79. The Morgan fingerprint density at radius 2 is 2.22 bits per heavy atom. The lowest BCUT2D eigenvalue weighted by Gasteiger charge is -2.06. The van der Waals surface area contributed by atoms with E-state index in [0.29, 0.717) is 11.6 Å². The first-order valence-corrected chi connectivity index (χ1v) is 6.48. The number of fused-ring (bicyclic) bond motifs is 1. The molecule has 0 spiro atoms. The quantitative estimate of drug-likeness (QED) is 0.611. The van der Waals surface area contributed by atoms with Crippen molar-refractivity contribution in [1.82, 2.24) is 4.57 Å². The summed E-state index contributed by atoms with van der Waals surface area (Å²) in [6.07, 6.45) is 3.81. The highest BCUT2D eigenvalue weighted by atomic mass is 35.5. The van der Waals surface area contributed by atoms with E-state index in [9.17, 15) is 4.79 Å². The van der Waals surface area contributed by atoms with Crippen molar-refractivity contribution in [1.29, 1.82) is 0 Å². The van der Waals surface area contributed by atoms with Crippen molar-refractivity contribution in [3.63, 3.8) is 0 Å². The first-order chi connectivity index (χ1) is 8.70. The second-order valence-electron chi connectivity index (χ2n) is 4.22. The molecule has 0 saturated carbocycles. The first-order valence-electron chi connectivity index (χ1n) is 6.10. The van der Waals surface area contributed by atoms with Gasteiger partial charge in [-0.3, -0.25) is 4.79 Å². The van der Waals surface area contributed by atoms with Crippen LogP contribution in [0.3, 0.4) is 0 Å². The molecule has 1 aromatic carbocycles. The minimum atomic E-state index is -0.207. The third kappa shape index (κ3) is 3.05. The van der Waals surface area contributed by atoms with Gasteiger partial charge in [0.05, 0.1) is 12.1 Å². The summed E-state index contributed by atoms with van der Waals surface area (Å²) >= 11 is 5.96. The normalized spacial score (nSPS) is 10.8. The summed E-state index contributed by atoms with van der Waals surface area (Å²) in [4.78, 5) is 11.6. The van der Waals surface area contributed by atoms with Gasteiger partial charge in [-0.15, -0.1) is 0 Å². The third-order valence-corrected chi connectivity index (χ3v) is 3.03. The van der Waals surface area contributed by atoms with Crippen molar-refractivity contribution >= 4 is 28.5 Å². The topological polar surface area (TPSA) is 31.2 Å². The van der Waals surface area contributed by atoms with Crippen LogP contribution in [0.5, 0.6) is 0 Å². The van der Waals surface area contributed by atoms with Gasteiger partial charge in [0.25, 0.3) is 0 Å². The lowest BCUT2D eigenvalue weighted by atomic mass is 10.2. The monoisotopic (exact) mass is 265 g/mol. The predicted molar refractivity (Wildman–Crippen MR) is 72.8 cm³/mol. The number of aromatic nitrogens is 1. The molecule has 0 atom stereocenters. The van der Waals surface area contributed by atoms with Crippen LogP contribution in [0.15, 0.2) is 30.5 Å². The van der Waals surface area contributed by atoms with Gasteiger partial charge in [0.1, 0.15) is 6.54 Å². The summed E-state index contributed by atoms with van der Waals surface area (Å²) in [7, 11) is 0. The number of halogens is 1. The molecule has 0 aliphatic heterocycles. The molecule has 3 nitrogen and oxygen atoms in total. The molecule has 0 aliphatic carbocycles. The maximum atomic E-state index is 11.6. The largest absolute Gasteiger partial charge is 0.464 e. The third-order valence-electron chi connectivity index (χ3n) is 2.80. The van der Waals surface area contributed by atoms with Crippen molar-refractivity contribution < 1.29 is 9.53 Å². The molecule has 1 heterocycles. The Bertz CT molecular complexity index is 548. The van der Waals surface area contributed by atoms with E-state index in [1.807, 2.05) is 35.0 Å². The smallest absolute Gasteiger partial charge is 0.325 e. The van der Waals surface area contributed by atoms with Crippen LogP contribution in [0.1, 0.15) is 19.8 Å². The van der Waals surface area contributed by atoms with Crippen LogP contribution in [0, 0.1) is 0 Å². The number of carbonyl (C=O) groups is 1. The van der Waals surface area contributed by atoms with Crippen molar-refractivity contribution in [2.45, 2.75) is 26.3 Å². The van der Waals surface area contributed by atoms with Gasteiger partial charge < -0.3 is 9.30 Å². The van der Waals surface area contributed by atoms with Gasteiger partial charge in [-0.05, 0) is 30.0 Å². The number of nitrogens with zero attached hydrogens (tertiary/aromatic N) is 1. The molecular formula is C14H16ClNO2. The number of carbonyl (C=O) groups excluding carboxylic acids is 1. The van der Waals surface area contributed by atoms with Gasteiger partial charge in [0.15, 0.2) is 0 Å². The van der Waals surface area contributed by atoms with E-state index in [-0.39, 0.29) is 12.5 Å². The van der Waals surface area contributed by atoms with Crippen molar-refractivity contribution in [2.75, 3.05) is 6.61 Å². The van der Waals surface area contributed by atoms with Crippen LogP contribution in [-0.4, -0.2) is 17.1 Å². The molecule has 2 aromatic rings. The fraction of sp³-hybridized carbons (Fsp3) is 0.357. The minimum absolute atomic E-state index is 0.207. The number of ether oxygens (including phenoxy) is 1. The maximum absolute atomic E-state index is 11.6. The van der Waals surface area contributed by atoms with E-state index in [2.05, 4.69) is 6.92 Å². The molecule has 0 unspecified atom stereocenters. The van der Waals surface area contributed by atoms with Crippen molar-refractivity contribution in [3.8, 4) is 0 Å². The molecule has 1 aromatic heterocycles. The molecule has 4 heteroatoms. The Morgan fingerprint density at radius 3 is 3.00 bits per heavy atom. The zero-order valence-corrected chi connectivity index (χ0v) is 11.1. The van der Waals surface area contributed by atoms with Crippen LogP contribution < -0.4 is 0 Å². The van der Waals surface area contributed by atoms with E-state index in [1.54, 1.807) is 0 Å². The van der Waals surface area contributed by atoms with Crippen molar-refractivity contribution in [3.05, 3.63) is 35.5 Å². The minimum Gasteiger partial charge on any atom is -0.464 e. The van der Waals surface area contributed by atoms with Crippen LogP contribution >= 0.6 is 11.6 Å². The fourth-order valence-electron chi connectivity index (χ4n) is 1.81. The van der Waals surface area contributed by atoms with Crippen LogP contribution in [0.2, 0.25) is 5.02 Å². The van der Waals surface area contributed by atoms with Crippen LogP contribution in [0.4, 0.5) is 0 Å². The van der Waals surface area contributed by atoms with Gasteiger partial charge in [-0.2, -0.15) is 0 Å². The first kappa shape index (κ1) is 13.0. The summed E-state index contributed by atoms with van der Waals surface area (Å²) in [5, 5.41) is 1.74. The second-order valence-corrected chi connectivity index (χ2v) is 4.66. The lowest BCUT2D eigenvalue weighted by molar-refractivity contribution is -0.144. The van der Waals surface area contributed by atoms with E-state index in [1.165, 1.54) is 0 Å². The van der Waals surface area contributed by atoms with Gasteiger partial charge in [-0.25, -0.2) is 0 Å². The standard InChI is InChI=1S/C14H16ClNO2/c1-2-3-8-18-14(17)10-16-7-6-11-4-5-12(15)9-13(11)16/h4-7,9H,2-3,8,10H2,1H3. The SMILES string of the molecule is CCCCOC(=O)Cn1ccc2ccc(Cl)cc21. The second kappa shape index (κ2) is 5.91. The summed E-state index contributed by atoms with van der Waals surface area (Å²) in [5.74, 6) is -0.207. The number of unbranched alkanes of at least 4 members (excludes halogenated alkanes) is 1. The Hall–Kier alpha value is -1.48. The number of rotatable bonds is 5. The van der Waals surface area contributed by atoms with Gasteiger partial charge in [-0.1, -0.05) is 31.0 Å². The van der Waals surface area contributed by atoms with Crippen molar-refractivity contribution in [2.24, 2.45) is 0 Å². The molecule has 18 heavy (non-hydrogen) atoms. The summed E-state index contributed by atoms with van der Waals surface area (Å²) in [6, 6.07) is 7.60. The van der Waals surface area contributed by atoms with Crippen LogP contribution in [-0.2, 0) is 16.1 Å². The number of hydrogen-bond donors (Lipinski definition) is 0. The number of esters is 1. The Labute approximate surface area is 111 Å². The summed E-state index contributed by atoms with van der Waals surface area (Å²) in [5.41, 5.74) is 0.954. The molecule has 0 saturated heterocycles. The average molecular weight is 266 g/mol. The predicted octanol–water partition coefficient (Wildman–Crippen LogP) is 3.64. The number of hydrogen-bond acceptors (Lipinski definition) is 2. The molecule has 0 fully saturated rings. The zero-order valence-electron chi connectivity index (χ0n) is 10.4. The summed E-state index contributed by atoms with van der Waals surface area (Å²) < 4.78 is 7.00. The zero-order chi connectivity index (χ0) is 13.0. The average Bonchev–Trinajstić information content (AvgIpc) is 2.72. The van der Waals surface area contributed by atoms with Gasteiger partial charge in [0.2, 0.25) is 0 Å². The molecular weight excluding hydrogens is 250 g/mol. The molecule has 0 aliphatic rings. The molecule has 0 bridgehead atoms. The van der Waals surface area contributed by atoms with E-state index >= 15 is 0 Å². The highest BCUT2D eigenvalue weighted by molar-refractivity contribution is 6.31. The van der Waals surface area contributed by atoms with E-state index in [0.717, 1.165) is 23.7 Å². The molecule has 0 amide bonds. The van der Waals surface area contributed by atoms with Gasteiger partial charge in [0, 0.05) is 11.2 Å².